The van der Waals surface area contributed by atoms with Crippen LogP contribution in [0.3, 0.4) is 0 Å². The van der Waals surface area contributed by atoms with Crippen LogP contribution in [-0.2, 0) is 11.3 Å². The van der Waals surface area contributed by atoms with E-state index in [1.807, 2.05) is 0 Å². The predicted molar refractivity (Wildman–Crippen MR) is 62.5 cm³/mol. The van der Waals surface area contributed by atoms with Gasteiger partial charge in [-0.25, -0.2) is 9.78 Å². The normalized spacial score (nSPS) is 10.6. The van der Waals surface area contributed by atoms with Gasteiger partial charge in [-0.15, -0.1) is 0 Å². The van der Waals surface area contributed by atoms with Crippen LogP contribution in [0.15, 0.2) is 23.3 Å². The number of rotatable bonds is 8. The molecule has 0 aliphatic heterocycles. The van der Waals surface area contributed by atoms with Gasteiger partial charge in [0.2, 0.25) is 0 Å². The lowest BCUT2D eigenvalue weighted by Gasteiger charge is -2.05. The minimum atomic E-state index is -0.171. The van der Waals surface area contributed by atoms with Gasteiger partial charge in [0.1, 0.15) is 0 Å². The van der Waals surface area contributed by atoms with Crippen LogP contribution < -0.4 is 11.0 Å². The zero-order valence-electron chi connectivity index (χ0n) is 9.69. The SMILES string of the molecule is COCCNCCCCn1cccnc1=O. The molecule has 90 valence electrons. The Morgan fingerprint density at radius 3 is 3.06 bits per heavy atom. The van der Waals surface area contributed by atoms with Crippen LogP contribution in [0.5, 0.6) is 0 Å². The van der Waals surface area contributed by atoms with Crippen LogP contribution >= 0.6 is 0 Å². The highest BCUT2D eigenvalue weighted by Gasteiger charge is 1.94. The van der Waals surface area contributed by atoms with Crippen molar-refractivity contribution in [2.24, 2.45) is 0 Å². The molecule has 0 saturated carbocycles. The van der Waals surface area contributed by atoms with Crippen molar-refractivity contribution in [2.45, 2.75) is 19.4 Å². The average Bonchev–Trinajstić information content (AvgIpc) is 2.30. The second-order valence-electron chi connectivity index (χ2n) is 3.55. The molecule has 1 rings (SSSR count). The van der Waals surface area contributed by atoms with Crippen LogP contribution in [0.4, 0.5) is 0 Å². The highest BCUT2D eigenvalue weighted by atomic mass is 16.5. The number of nitrogens with one attached hydrogen (secondary N) is 1. The largest absolute Gasteiger partial charge is 0.383 e. The van der Waals surface area contributed by atoms with Gasteiger partial charge in [-0.1, -0.05) is 0 Å². The van der Waals surface area contributed by atoms with Crippen molar-refractivity contribution in [1.82, 2.24) is 14.9 Å². The first-order chi connectivity index (χ1) is 7.84. The summed E-state index contributed by atoms with van der Waals surface area (Å²) in [5, 5.41) is 3.26. The van der Waals surface area contributed by atoms with Crippen molar-refractivity contribution in [3.8, 4) is 0 Å². The third-order valence-corrected chi connectivity index (χ3v) is 2.27. The van der Waals surface area contributed by atoms with E-state index in [9.17, 15) is 4.79 Å². The summed E-state index contributed by atoms with van der Waals surface area (Å²) in [7, 11) is 1.69. The van der Waals surface area contributed by atoms with Gasteiger partial charge in [0.05, 0.1) is 6.61 Å². The maximum Gasteiger partial charge on any atom is 0.347 e. The molecule has 0 aliphatic carbocycles. The minimum Gasteiger partial charge on any atom is -0.383 e. The van der Waals surface area contributed by atoms with Gasteiger partial charge in [0.25, 0.3) is 0 Å². The molecule has 0 bridgehead atoms. The van der Waals surface area contributed by atoms with Crippen LogP contribution in [0.2, 0.25) is 0 Å². The summed E-state index contributed by atoms with van der Waals surface area (Å²) in [4.78, 5) is 14.9. The average molecular weight is 225 g/mol. The lowest BCUT2D eigenvalue weighted by atomic mass is 10.3. The highest BCUT2D eigenvalue weighted by molar-refractivity contribution is 4.80. The molecule has 0 aliphatic rings. The Morgan fingerprint density at radius 2 is 2.31 bits per heavy atom. The van der Waals surface area contributed by atoms with E-state index in [4.69, 9.17) is 4.74 Å². The molecular weight excluding hydrogens is 206 g/mol. The molecule has 0 spiro atoms. The fourth-order valence-electron chi connectivity index (χ4n) is 1.39. The molecule has 5 nitrogen and oxygen atoms in total. The molecule has 1 heterocycles. The Labute approximate surface area is 95.5 Å². The van der Waals surface area contributed by atoms with Gasteiger partial charge < -0.3 is 10.1 Å². The van der Waals surface area contributed by atoms with Gasteiger partial charge in [-0.05, 0) is 25.5 Å². The molecule has 1 aromatic heterocycles. The van der Waals surface area contributed by atoms with Gasteiger partial charge in [0, 0.05) is 32.6 Å². The molecule has 0 aromatic carbocycles. The zero-order valence-corrected chi connectivity index (χ0v) is 9.69. The topological polar surface area (TPSA) is 56.1 Å². The van der Waals surface area contributed by atoms with E-state index < -0.39 is 0 Å². The minimum absolute atomic E-state index is 0.171. The summed E-state index contributed by atoms with van der Waals surface area (Å²) in [6.07, 6.45) is 5.31. The maximum absolute atomic E-state index is 11.2. The summed E-state index contributed by atoms with van der Waals surface area (Å²) in [5.41, 5.74) is -0.171. The Morgan fingerprint density at radius 1 is 1.44 bits per heavy atom. The second kappa shape index (κ2) is 8.01. The van der Waals surface area contributed by atoms with E-state index in [2.05, 4.69) is 10.3 Å². The number of hydrogen-bond acceptors (Lipinski definition) is 4. The molecule has 0 atom stereocenters. The van der Waals surface area contributed by atoms with E-state index in [1.165, 1.54) is 6.20 Å². The lowest BCUT2D eigenvalue weighted by molar-refractivity contribution is 0.199. The second-order valence-corrected chi connectivity index (χ2v) is 3.55. The Hall–Kier alpha value is -1.20. The number of hydrogen-bond donors (Lipinski definition) is 1. The third kappa shape index (κ3) is 5.04. The summed E-state index contributed by atoms with van der Waals surface area (Å²) in [6, 6.07) is 1.78. The smallest absolute Gasteiger partial charge is 0.347 e. The molecule has 0 amide bonds. The first-order valence-corrected chi connectivity index (χ1v) is 5.55. The van der Waals surface area contributed by atoms with Crippen molar-refractivity contribution in [3.63, 3.8) is 0 Å². The number of nitrogens with zero attached hydrogens (tertiary/aromatic N) is 2. The molecule has 0 unspecified atom stereocenters. The van der Waals surface area contributed by atoms with Crippen molar-refractivity contribution in [1.29, 1.82) is 0 Å². The molecule has 0 saturated heterocycles. The van der Waals surface area contributed by atoms with E-state index in [0.717, 1.165) is 39.1 Å². The summed E-state index contributed by atoms with van der Waals surface area (Å²) in [6.45, 7) is 3.31. The van der Waals surface area contributed by atoms with Crippen molar-refractivity contribution in [2.75, 3.05) is 26.8 Å². The van der Waals surface area contributed by atoms with E-state index >= 15 is 0 Å². The van der Waals surface area contributed by atoms with Crippen molar-refractivity contribution in [3.05, 3.63) is 28.9 Å². The first kappa shape index (κ1) is 12.9. The number of unbranched alkanes of at least 4 members (excludes halogenated alkanes) is 1. The van der Waals surface area contributed by atoms with Gasteiger partial charge >= 0.3 is 5.69 Å². The molecule has 1 N–H and O–H groups in total. The Balaban J connectivity index is 2.08. The van der Waals surface area contributed by atoms with Crippen LogP contribution in [0.25, 0.3) is 0 Å². The zero-order chi connectivity index (χ0) is 11.6. The number of methoxy groups -OCH3 is 1. The summed E-state index contributed by atoms with van der Waals surface area (Å²) < 4.78 is 6.55. The standard InChI is InChI=1S/C11H19N3O2/c1-16-10-7-12-5-2-3-8-14-9-4-6-13-11(14)15/h4,6,9,12H,2-3,5,7-8,10H2,1H3. The molecule has 0 fully saturated rings. The molecule has 5 heteroatoms. The van der Waals surface area contributed by atoms with Crippen LogP contribution in [0, 0.1) is 0 Å². The predicted octanol–water partition coefficient (Wildman–Crippen LogP) is 0.259. The Kier molecular flexibility index (Phi) is 6.44. The fraction of sp³-hybridized carbons (Fsp3) is 0.636. The summed E-state index contributed by atoms with van der Waals surface area (Å²) >= 11 is 0. The van der Waals surface area contributed by atoms with Crippen molar-refractivity contribution < 1.29 is 4.74 Å². The third-order valence-electron chi connectivity index (χ3n) is 2.27. The number of ether oxygens (including phenoxy) is 1. The highest BCUT2D eigenvalue weighted by Crippen LogP contribution is 1.90. The lowest BCUT2D eigenvalue weighted by Crippen LogP contribution is -2.23. The molecular formula is C11H19N3O2. The Bertz CT molecular complexity index is 338. The molecule has 16 heavy (non-hydrogen) atoms. The fourth-order valence-corrected chi connectivity index (χ4v) is 1.39. The van der Waals surface area contributed by atoms with Crippen LogP contribution in [-0.4, -0.2) is 36.4 Å². The first-order valence-electron chi connectivity index (χ1n) is 5.55. The van der Waals surface area contributed by atoms with E-state index in [1.54, 1.807) is 23.9 Å². The van der Waals surface area contributed by atoms with E-state index in [-0.39, 0.29) is 5.69 Å². The monoisotopic (exact) mass is 225 g/mol. The summed E-state index contributed by atoms with van der Waals surface area (Å²) in [5.74, 6) is 0. The molecule has 1 aromatic rings. The van der Waals surface area contributed by atoms with Gasteiger partial charge in [0.15, 0.2) is 0 Å². The number of aryl methyl sites for hydroxylation is 1. The quantitative estimate of drug-likeness (QED) is 0.645. The molecule has 0 radical (unpaired) electrons. The van der Waals surface area contributed by atoms with E-state index in [0.29, 0.717) is 0 Å². The van der Waals surface area contributed by atoms with Gasteiger partial charge in [-0.2, -0.15) is 0 Å². The maximum atomic E-state index is 11.2. The van der Waals surface area contributed by atoms with Crippen LogP contribution in [0.1, 0.15) is 12.8 Å². The van der Waals surface area contributed by atoms with Crippen molar-refractivity contribution >= 4 is 0 Å². The van der Waals surface area contributed by atoms with Gasteiger partial charge in [-0.3, -0.25) is 4.57 Å². The number of aromatic nitrogens is 2.